The Hall–Kier alpha value is -4.35. The summed E-state index contributed by atoms with van der Waals surface area (Å²) in [6.45, 7) is 11.2. The van der Waals surface area contributed by atoms with Crippen LogP contribution in [0, 0.1) is 0 Å². The smallest absolute Gasteiger partial charge is 0.231 e. The molecule has 0 saturated carbocycles. The van der Waals surface area contributed by atoms with Crippen molar-refractivity contribution in [1.82, 2.24) is 24.8 Å². The van der Waals surface area contributed by atoms with Gasteiger partial charge < -0.3 is 26.0 Å². The van der Waals surface area contributed by atoms with Gasteiger partial charge in [0, 0.05) is 51.5 Å². The molecule has 0 radical (unpaired) electrons. The van der Waals surface area contributed by atoms with Crippen LogP contribution in [0.15, 0.2) is 76.2 Å². The van der Waals surface area contributed by atoms with Gasteiger partial charge in [-0.05, 0) is 60.9 Å². The highest BCUT2D eigenvalue weighted by Crippen LogP contribution is 2.24. The van der Waals surface area contributed by atoms with Gasteiger partial charge in [-0.3, -0.25) is 4.90 Å². The normalized spacial score (nSPS) is 16.7. The molecule has 0 atom stereocenters. The summed E-state index contributed by atoms with van der Waals surface area (Å²) >= 11 is 0. The second-order valence-electron chi connectivity index (χ2n) is 10.3. The molecule has 3 aromatic rings. The Kier molecular flexibility index (Phi) is 9.17. The first-order chi connectivity index (χ1) is 20.0. The third kappa shape index (κ3) is 7.24. The zero-order valence-electron chi connectivity index (χ0n) is 23.6. The molecule has 214 valence electrons. The standard InChI is InChI=1S/C30H38N10O/c1-22(18-23-6-4-3-5-7-23)27(31)36-29(32-2)39-12-14-40(15-13-39)30-34-21-33-28(37-30)35-26-9-8-24-10-11-38(16-17-41)20-25(24)19-26/h3-9,19,21,41H,2,10-18,20,31H2,1H3,(H,33,34,35,37)/b27-22+,36-29?. The Morgan fingerprint density at radius 2 is 1.85 bits per heavy atom. The summed E-state index contributed by atoms with van der Waals surface area (Å²) in [5, 5.41) is 12.6. The van der Waals surface area contributed by atoms with Crippen LogP contribution in [0.4, 0.5) is 17.6 Å². The maximum atomic E-state index is 9.30. The highest BCUT2D eigenvalue weighted by molar-refractivity contribution is 5.85. The summed E-state index contributed by atoms with van der Waals surface area (Å²) in [6, 6.07) is 16.6. The van der Waals surface area contributed by atoms with Crippen LogP contribution >= 0.6 is 0 Å². The highest BCUT2D eigenvalue weighted by Gasteiger charge is 2.22. The van der Waals surface area contributed by atoms with Crippen molar-refractivity contribution < 1.29 is 5.11 Å². The Morgan fingerprint density at radius 1 is 1.05 bits per heavy atom. The monoisotopic (exact) mass is 554 g/mol. The van der Waals surface area contributed by atoms with E-state index in [-0.39, 0.29) is 6.61 Å². The molecule has 2 aromatic carbocycles. The third-order valence-corrected chi connectivity index (χ3v) is 7.49. The number of aromatic nitrogens is 3. The maximum absolute atomic E-state index is 9.30. The number of aliphatic hydroxyl groups is 1. The minimum absolute atomic E-state index is 0.174. The number of piperazine rings is 1. The number of fused-ring (bicyclic) bond motifs is 1. The Balaban J connectivity index is 1.20. The topological polar surface area (TPSA) is 131 Å². The van der Waals surface area contributed by atoms with Crippen molar-refractivity contribution in [1.29, 1.82) is 0 Å². The van der Waals surface area contributed by atoms with E-state index >= 15 is 0 Å². The molecule has 0 unspecified atom stereocenters. The minimum Gasteiger partial charge on any atom is -0.395 e. The van der Waals surface area contributed by atoms with E-state index in [1.165, 1.54) is 23.0 Å². The van der Waals surface area contributed by atoms with E-state index in [9.17, 15) is 5.11 Å². The van der Waals surface area contributed by atoms with Gasteiger partial charge >= 0.3 is 0 Å². The first-order valence-electron chi connectivity index (χ1n) is 14.0. The number of aliphatic hydroxyl groups excluding tert-OH is 1. The number of nitrogens with zero attached hydrogens (tertiary/aromatic N) is 8. The Labute approximate surface area is 241 Å². The fourth-order valence-corrected chi connectivity index (χ4v) is 5.16. The lowest BCUT2D eigenvalue weighted by Crippen LogP contribution is -2.49. The lowest BCUT2D eigenvalue weighted by atomic mass is 9.99. The van der Waals surface area contributed by atoms with Crippen LogP contribution < -0.4 is 16.0 Å². The van der Waals surface area contributed by atoms with E-state index in [4.69, 9.17) is 5.73 Å². The highest BCUT2D eigenvalue weighted by atomic mass is 16.3. The van der Waals surface area contributed by atoms with E-state index in [0.717, 1.165) is 37.2 Å². The number of hydrogen-bond donors (Lipinski definition) is 3. The van der Waals surface area contributed by atoms with Gasteiger partial charge in [0.2, 0.25) is 17.9 Å². The number of hydrogen-bond acceptors (Lipinski definition) is 9. The van der Waals surface area contributed by atoms with E-state index in [2.05, 4.69) is 82.0 Å². The van der Waals surface area contributed by atoms with Crippen LogP contribution in [0.5, 0.6) is 0 Å². The molecule has 0 bridgehead atoms. The molecule has 1 fully saturated rings. The first kappa shape index (κ1) is 28.2. The number of β-amino-alcohol motifs (C(OH)–C–C–N with tert-alkyl or cyclic N) is 1. The van der Waals surface area contributed by atoms with E-state index in [1.807, 2.05) is 25.1 Å². The summed E-state index contributed by atoms with van der Waals surface area (Å²) < 4.78 is 0. The van der Waals surface area contributed by atoms with Crippen molar-refractivity contribution in [3.8, 4) is 0 Å². The van der Waals surface area contributed by atoms with Crippen LogP contribution in [0.2, 0.25) is 0 Å². The number of allylic oxidation sites excluding steroid dienone is 1. The van der Waals surface area contributed by atoms with Gasteiger partial charge in [0.25, 0.3) is 0 Å². The summed E-state index contributed by atoms with van der Waals surface area (Å²) in [4.78, 5) is 28.7. The number of aliphatic imine (C=N–C) groups is 2. The molecule has 3 heterocycles. The van der Waals surface area contributed by atoms with Crippen molar-refractivity contribution in [2.24, 2.45) is 15.7 Å². The van der Waals surface area contributed by atoms with Crippen LogP contribution in [0.3, 0.4) is 0 Å². The van der Waals surface area contributed by atoms with Gasteiger partial charge in [-0.25, -0.2) is 15.0 Å². The molecule has 41 heavy (non-hydrogen) atoms. The zero-order chi connectivity index (χ0) is 28.6. The predicted molar refractivity (Wildman–Crippen MR) is 163 cm³/mol. The number of benzene rings is 2. The average Bonchev–Trinajstić information content (AvgIpc) is 3.00. The summed E-state index contributed by atoms with van der Waals surface area (Å²) in [5.74, 6) is 2.12. The van der Waals surface area contributed by atoms with E-state index < -0.39 is 0 Å². The van der Waals surface area contributed by atoms with Crippen molar-refractivity contribution in [3.05, 3.63) is 82.9 Å². The van der Waals surface area contributed by atoms with Gasteiger partial charge in [-0.15, -0.1) is 0 Å². The molecule has 5 rings (SSSR count). The van der Waals surface area contributed by atoms with Gasteiger partial charge in [0.05, 0.1) is 6.61 Å². The van der Waals surface area contributed by atoms with Crippen molar-refractivity contribution in [2.45, 2.75) is 26.3 Å². The summed E-state index contributed by atoms with van der Waals surface area (Å²) in [6.07, 6.45) is 3.26. The molecule has 11 heteroatoms. The Bertz CT molecular complexity index is 1400. The molecular weight excluding hydrogens is 516 g/mol. The average molecular weight is 555 g/mol. The van der Waals surface area contributed by atoms with Crippen LogP contribution in [0.25, 0.3) is 0 Å². The maximum Gasteiger partial charge on any atom is 0.231 e. The SMILES string of the molecule is C=NC(=N/C(N)=C(\C)Cc1ccccc1)N1CCN(c2ncnc(Nc3ccc4c(c3)CN(CCO)CC4)n2)CC1. The molecule has 1 aromatic heterocycles. The van der Waals surface area contributed by atoms with Crippen LogP contribution in [-0.4, -0.2) is 88.4 Å². The fourth-order valence-electron chi connectivity index (χ4n) is 5.16. The van der Waals surface area contributed by atoms with Crippen molar-refractivity contribution >= 4 is 30.3 Å². The van der Waals surface area contributed by atoms with Crippen LogP contribution in [-0.2, 0) is 19.4 Å². The van der Waals surface area contributed by atoms with E-state index in [1.54, 1.807) is 0 Å². The first-order valence-corrected chi connectivity index (χ1v) is 14.0. The second kappa shape index (κ2) is 13.3. The lowest BCUT2D eigenvalue weighted by molar-refractivity contribution is 0.184. The largest absolute Gasteiger partial charge is 0.395 e. The second-order valence-corrected chi connectivity index (χ2v) is 10.3. The molecule has 1 saturated heterocycles. The fraction of sp³-hybridized carbons (Fsp3) is 0.367. The van der Waals surface area contributed by atoms with Crippen molar-refractivity contribution in [3.63, 3.8) is 0 Å². The van der Waals surface area contributed by atoms with Crippen LogP contribution in [0.1, 0.15) is 23.6 Å². The Morgan fingerprint density at radius 3 is 2.61 bits per heavy atom. The van der Waals surface area contributed by atoms with Crippen molar-refractivity contribution in [2.75, 3.05) is 56.1 Å². The van der Waals surface area contributed by atoms with Gasteiger partial charge in [0.15, 0.2) is 0 Å². The molecular formula is C30H38N10O. The number of guanidine groups is 1. The minimum atomic E-state index is 0.174. The molecule has 11 nitrogen and oxygen atoms in total. The molecule has 0 amide bonds. The van der Waals surface area contributed by atoms with Gasteiger partial charge in [-0.1, -0.05) is 36.4 Å². The number of anilines is 3. The predicted octanol–water partition coefficient (Wildman–Crippen LogP) is 2.58. The molecule has 0 spiro atoms. The molecule has 0 aliphatic carbocycles. The number of rotatable bonds is 8. The zero-order valence-corrected chi connectivity index (χ0v) is 23.6. The number of nitrogens with two attached hydrogens (primary N) is 1. The molecule has 4 N–H and O–H groups in total. The molecule has 2 aliphatic rings. The summed E-state index contributed by atoms with van der Waals surface area (Å²) in [7, 11) is 0. The van der Waals surface area contributed by atoms with E-state index in [0.29, 0.717) is 56.4 Å². The quantitative estimate of drug-likeness (QED) is 0.284. The third-order valence-electron chi connectivity index (χ3n) is 7.49. The lowest BCUT2D eigenvalue weighted by Gasteiger charge is -2.35. The van der Waals surface area contributed by atoms with Gasteiger partial charge in [0.1, 0.15) is 12.1 Å². The number of nitrogens with one attached hydrogen (secondary N) is 1. The van der Waals surface area contributed by atoms with Gasteiger partial charge in [-0.2, -0.15) is 9.98 Å². The molecule has 2 aliphatic heterocycles. The summed E-state index contributed by atoms with van der Waals surface area (Å²) in [5.41, 5.74) is 12.0.